The maximum Gasteiger partial charge on any atom is 0.494 e. The van der Waals surface area contributed by atoms with Crippen molar-refractivity contribution in [2.24, 2.45) is 0 Å². The van der Waals surface area contributed by atoms with E-state index >= 15 is 0 Å². The van der Waals surface area contributed by atoms with Crippen LogP contribution in [0, 0.1) is 6.92 Å². The Morgan fingerprint density at radius 2 is 1.03 bits per heavy atom. The monoisotopic (exact) mass is 865 g/mol. The number of rotatable bonds is 8. The molecule has 12 nitrogen and oxygen atoms in total. The molecule has 0 amide bonds. The van der Waals surface area contributed by atoms with E-state index in [0.717, 1.165) is 59.9 Å². The summed E-state index contributed by atoms with van der Waals surface area (Å²) in [6, 6.07) is 22.1. The molecule has 0 bridgehead atoms. The van der Waals surface area contributed by atoms with Gasteiger partial charge in [0, 0.05) is 16.2 Å². The van der Waals surface area contributed by atoms with Gasteiger partial charge in [-0.05, 0) is 136 Å². The lowest BCUT2D eigenvalue weighted by molar-refractivity contribution is 0.00578. The molecule has 0 saturated carbocycles. The normalized spacial score (nSPS) is 15.3. The summed E-state index contributed by atoms with van der Waals surface area (Å²) in [7, 11) is -0.394. The van der Waals surface area contributed by atoms with Crippen molar-refractivity contribution >= 4 is 61.6 Å². The molecule has 5 heterocycles. The first kappa shape index (κ1) is 44.1. The SMILES string of the molecule is CC(C)(O)Cn1cnc2ccc(B3OC(C)(C)C(C)(C)O3)cc21.CC(C)(O)Cn1cnc2ccc(Br)cc21.Cc1ccc(-c2ccc3ncn(CC(C)(C)O)c3c2)nc1. The first-order valence-corrected chi connectivity index (χ1v) is 20.6. The van der Waals surface area contributed by atoms with Gasteiger partial charge < -0.3 is 38.3 Å². The third-order valence-corrected chi connectivity index (χ3v) is 10.7. The minimum atomic E-state index is -0.798. The van der Waals surface area contributed by atoms with E-state index in [4.69, 9.17) is 9.31 Å². The standard InChI is InChI=1S/C17H25BN2O3.C17H19N3O.C11H13BrN2O/c1-15(2,21)10-20-11-19-13-8-7-12(9-14(13)20)18-22-16(3,4)17(5,6)23-18;1-12-4-6-14(18-9-12)13-5-7-15-16(8-13)20(11-19-15)10-17(2,3)21;1-11(2,15)6-14-7-13-9-4-3-8(12)5-10(9)14/h7-9,11,21H,10H2,1-6H3;4-9,11,21H,10H2,1-3H3;3-5,7,15H,6H2,1-2H3. The number of aryl methyl sites for hydroxylation is 1. The Morgan fingerprint density at radius 1 is 0.593 bits per heavy atom. The van der Waals surface area contributed by atoms with Crippen molar-refractivity contribution in [3.63, 3.8) is 0 Å². The zero-order valence-corrected chi connectivity index (χ0v) is 37.6. The van der Waals surface area contributed by atoms with Gasteiger partial charge >= 0.3 is 7.12 Å². The lowest BCUT2D eigenvalue weighted by atomic mass is 9.79. The van der Waals surface area contributed by atoms with Crippen LogP contribution in [0.1, 0.15) is 74.8 Å². The third kappa shape index (κ3) is 11.0. The van der Waals surface area contributed by atoms with Gasteiger partial charge in [0.05, 0.1) is 105 Å². The molecule has 312 valence electrons. The van der Waals surface area contributed by atoms with Gasteiger partial charge in [-0.2, -0.15) is 0 Å². The molecule has 4 aromatic heterocycles. The van der Waals surface area contributed by atoms with Gasteiger partial charge in [-0.3, -0.25) is 4.98 Å². The maximum atomic E-state index is 10.1. The maximum absolute atomic E-state index is 10.1. The zero-order valence-electron chi connectivity index (χ0n) is 36.0. The summed E-state index contributed by atoms with van der Waals surface area (Å²) in [5, 5.41) is 29.8. The van der Waals surface area contributed by atoms with E-state index in [0.29, 0.717) is 19.6 Å². The molecule has 1 saturated heterocycles. The van der Waals surface area contributed by atoms with Crippen molar-refractivity contribution in [3.05, 3.63) is 102 Å². The number of imidazole rings is 3. The van der Waals surface area contributed by atoms with E-state index in [-0.39, 0.29) is 11.2 Å². The van der Waals surface area contributed by atoms with Crippen LogP contribution in [-0.4, -0.2) is 84.1 Å². The molecule has 59 heavy (non-hydrogen) atoms. The fourth-order valence-electron chi connectivity index (χ4n) is 6.71. The van der Waals surface area contributed by atoms with Crippen LogP contribution < -0.4 is 5.46 Å². The second-order valence-corrected chi connectivity index (χ2v) is 19.4. The fourth-order valence-corrected chi connectivity index (χ4v) is 7.06. The highest BCUT2D eigenvalue weighted by Crippen LogP contribution is 2.36. The van der Waals surface area contributed by atoms with E-state index < -0.39 is 23.9 Å². The predicted octanol–water partition coefficient (Wildman–Crippen LogP) is 7.85. The van der Waals surface area contributed by atoms with Crippen LogP contribution in [0.3, 0.4) is 0 Å². The molecule has 1 fully saturated rings. The van der Waals surface area contributed by atoms with Gasteiger partial charge in [-0.15, -0.1) is 0 Å². The molecular weight excluding hydrogens is 809 g/mol. The van der Waals surface area contributed by atoms with E-state index in [1.54, 1.807) is 60.5 Å². The van der Waals surface area contributed by atoms with E-state index in [9.17, 15) is 15.3 Å². The lowest BCUT2D eigenvalue weighted by Gasteiger charge is -2.32. The van der Waals surface area contributed by atoms with Gasteiger partial charge in [-0.25, -0.2) is 15.0 Å². The highest BCUT2D eigenvalue weighted by atomic mass is 79.9. The van der Waals surface area contributed by atoms with Crippen molar-refractivity contribution in [1.29, 1.82) is 0 Å². The Bertz CT molecular complexity index is 2520. The number of pyridine rings is 1. The van der Waals surface area contributed by atoms with Crippen molar-refractivity contribution in [1.82, 2.24) is 33.6 Å². The minimum absolute atomic E-state index is 0.361. The number of hydrogen-bond donors (Lipinski definition) is 3. The topological polar surface area (TPSA) is 146 Å². The van der Waals surface area contributed by atoms with E-state index in [2.05, 4.69) is 48.0 Å². The Balaban J connectivity index is 0.000000152. The van der Waals surface area contributed by atoms with Gasteiger partial charge in [-0.1, -0.05) is 34.1 Å². The van der Waals surface area contributed by atoms with Crippen LogP contribution >= 0.6 is 15.9 Å². The number of aliphatic hydroxyl groups is 3. The Kier molecular flexibility index (Phi) is 12.4. The number of benzene rings is 3. The summed E-state index contributed by atoms with van der Waals surface area (Å²) in [5.74, 6) is 0. The second-order valence-electron chi connectivity index (χ2n) is 18.4. The summed E-state index contributed by atoms with van der Waals surface area (Å²) in [6.45, 7) is 22.5. The molecule has 0 atom stereocenters. The molecule has 1 aliphatic heterocycles. The molecule has 0 aliphatic carbocycles. The molecule has 0 unspecified atom stereocenters. The van der Waals surface area contributed by atoms with E-state index in [1.807, 2.05) is 109 Å². The number of aromatic nitrogens is 7. The summed E-state index contributed by atoms with van der Waals surface area (Å²) >= 11 is 3.43. The third-order valence-electron chi connectivity index (χ3n) is 10.3. The number of fused-ring (bicyclic) bond motifs is 3. The molecular formula is C45H57BBrN7O5. The molecule has 3 aromatic carbocycles. The van der Waals surface area contributed by atoms with Crippen molar-refractivity contribution in [3.8, 4) is 11.3 Å². The van der Waals surface area contributed by atoms with Gasteiger partial charge in [0.1, 0.15) is 0 Å². The van der Waals surface area contributed by atoms with Crippen molar-refractivity contribution < 1.29 is 24.6 Å². The zero-order chi connectivity index (χ0) is 43.1. The highest BCUT2D eigenvalue weighted by molar-refractivity contribution is 9.10. The summed E-state index contributed by atoms with van der Waals surface area (Å²) in [4.78, 5) is 17.5. The smallest absolute Gasteiger partial charge is 0.399 e. The highest BCUT2D eigenvalue weighted by Gasteiger charge is 2.51. The molecule has 3 N–H and O–H groups in total. The Labute approximate surface area is 355 Å². The van der Waals surface area contributed by atoms with Crippen LogP contribution in [0.5, 0.6) is 0 Å². The van der Waals surface area contributed by atoms with Crippen LogP contribution in [-0.2, 0) is 28.9 Å². The molecule has 14 heteroatoms. The average Bonchev–Trinajstić information content (AvgIpc) is 3.87. The molecule has 7 aromatic rings. The van der Waals surface area contributed by atoms with Gasteiger partial charge in [0.15, 0.2) is 0 Å². The number of hydrogen-bond acceptors (Lipinski definition) is 9. The minimum Gasteiger partial charge on any atom is -0.399 e. The average molecular weight is 867 g/mol. The van der Waals surface area contributed by atoms with Crippen LogP contribution in [0.4, 0.5) is 0 Å². The van der Waals surface area contributed by atoms with Crippen LogP contribution in [0.2, 0.25) is 0 Å². The van der Waals surface area contributed by atoms with Gasteiger partial charge in [0.2, 0.25) is 0 Å². The first-order valence-electron chi connectivity index (χ1n) is 19.8. The second kappa shape index (κ2) is 16.6. The van der Waals surface area contributed by atoms with Crippen LogP contribution in [0.25, 0.3) is 44.4 Å². The van der Waals surface area contributed by atoms with Crippen molar-refractivity contribution in [2.45, 2.75) is 124 Å². The molecule has 8 rings (SSSR count). The summed E-state index contributed by atoms with van der Waals surface area (Å²) in [5.41, 5.74) is 6.88. The fraction of sp³-hybridized carbons (Fsp3) is 0.422. The number of halogens is 1. The van der Waals surface area contributed by atoms with Gasteiger partial charge in [0.25, 0.3) is 0 Å². The molecule has 0 spiro atoms. The Morgan fingerprint density at radius 3 is 1.49 bits per heavy atom. The summed E-state index contributed by atoms with van der Waals surface area (Å²) in [6.07, 6.45) is 7.16. The Hall–Kier alpha value is -4.44. The van der Waals surface area contributed by atoms with E-state index in [1.165, 1.54) is 0 Å². The van der Waals surface area contributed by atoms with Crippen molar-refractivity contribution in [2.75, 3.05) is 0 Å². The quantitative estimate of drug-likeness (QED) is 0.130. The summed E-state index contributed by atoms with van der Waals surface area (Å²) < 4.78 is 19.2. The number of nitrogens with zero attached hydrogens (tertiary/aromatic N) is 7. The lowest BCUT2D eigenvalue weighted by Crippen LogP contribution is -2.41. The predicted molar refractivity (Wildman–Crippen MR) is 239 cm³/mol. The first-order chi connectivity index (χ1) is 27.4. The largest absolute Gasteiger partial charge is 0.494 e. The van der Waals surface area contributed by atoms with Crippen LogP contribution in [0.15, 0.2) is 96.4 Å². The molecule has 0 radical (unpaired) electrons. The molecule has 1 aliphatic rings.